The molecule has 0 saturated heterocycles. The van der Waals surface area contributed by atoms with Gasteiger partial charge in [-0.25, -0.2) is 4.98 Å². The van der Waals surface area contributed by atoms with E-state index in [1.807, 2.05) is 0 Å². The minimum absolute atomic E-state index is 0.100. The van der Waals surface area contributed by atoms with Gasteiger partial charge in [0.2, 0.25) is 0 Å². The van der Waals surface area contributed by atoms with Crippen LogP contribution in [-0.4, -0.2) is 35.8 Å². The molecule has 104 valence electrons. The van der Waals surface area contributed by atoms with Gasteiger partial charge >= 0.3 is 12.1 Å². The van der Waals surface area contributed by atoms with Gasteiger partial charge < -0.3 is 10.6 Å². The highest BCUT2D eigenvalue weighted by atomic mass is 32.1. The topological polar surface area (TPSA) is 107 Å². The van der Waals surface area contributed by atoms with Crippen LogP contribution in [0.15, 0.2) is 10.5 Å². The number of carbonyl (C=O) groups excluding carboxylic acids is 2. The second kappa shape index (κ2) is 5.65. The first-order valence-electron chi connectivity index (χ1n) is 4.50. The number of hydrogen-bond acceptors (Lipinski definition) is 6. The van der Waals surface area contributed by atoms with E-state index in [1.54, 1.807) is 0 Å². The van der Waals surface area contributed by atoms with Crippen LogP contribution in [0.4, 0.5) is 18.3 Å². The van der Waals surface area contributed by atoms with Gasteiger partial charge in [0.15, 0.2) is 10.8 Å². The largest absolute Gasteiger partial charge is 0.471 e. The van der Waals surface area contributed by atoms with Crippen LogP contribution in [0.1, 0.15) is 5.69 Å². The summed E-state index contributed by atoms with van der Waals surface area (Å²) < 4.78 is 36.0. The molecular weight excluding hydrogens is 289 g/mol. The van der Waals surface area contributed by atoms with Gasteiger partial charge in [-0.05, 0) is 0 Å². The van der Waals surface area contributed by atoms with Crippen molar-refractivity contribution in [3.63, 3.8) is 0 Å². The lowest BCUT2D eigenvalue weighted by Crippen LogP contribution is -2.30. The molecule has 0 aliphatic heterocycles. The Kier molecular flexibility index (Phi) is 4.43. The van der Waals surface area contributed by atoms with Crippen molar-refractivity contribution in [2.45, 2.75) is 6.18 Å². The van der Waals surface area contributed by atoms with Crippen molar-refractivity contribution >= 4 is 34.0 Å². The SMILES string of the molecule is CON=C(C(N)=O)c1csc(NC(=O)C(F)(F)F)n1. The summed E-state index contributed by atoms with van der Waals surface area (Å²) in [7, 11) is 1.15. The number of amides is 2. The van der Waals surface area contributed by atoms with E-state index in [2.05, 4.69) is 15.0 Å². The standard InChI is InChI=1S/C8H7F3N4O3S/c1-18-15-4(5(12)16)3-2-19-7(13-3)14-6(17)8(9,10)11/h2H,1H3,(H2,12,16)(H,13,14,17). The molecule has 0 aliphatic carbocycles. The number of rotatable bonds is 4. The number of nitrogens with two attached hydrogens (primary N) is 1. The van der Waals surface area contributed by atoms with Crippen molar-refractivity contribution in [1.82, 2.24) is 4.98 Å². The molecule has 0 radical (unpaired) electrons. The van der Waals surface area contributed by atoms with Gasteiger partial charge in [-0.15, -0.1) is 11.3 Å². The van der Waals surface area contributed by atoms with E-state index < -0.39 is 18.0 Å². The molecule has 19 heavy (non-hydrogen) atoms. The lowest BCUT2D eigenvalue weighted by molar-refractivity contribution is -0.167. The maximum atomic E-state index is 12.0. The molecule has 11 heteroatoms. The Bertz CT molecular complexity index is 526. The predicted octanol–water partition coefficient (Wildman–Crippen LogP) is 0.480. The van der Waals surface area contributed by atoms with Crippen molar-refractivity contribution in [3.8, 4) is 0 Å². The summed E-state index contributed by atoms with van der Waals surface area (Å²) in [4.78, 5) is 29.6. The molecule has 0 unspecified atom stereocenters. The van der Waals surface area contributed by atoms with Gasteiger partial charge in [0.25, 0.3) is 5.91 Å². The van der Waals surface area contributed by atoms with E-state index in [9.17, 15) is 22.8 Å². The Morgan fingerprint density at radius 2 is 2.16 bits per heavy atom. The molecule has 0 bridgehead atoms. The molecule has 7 nitrogen and oxygen atoms in total. The fraction of sp³-hybridized carbons (Fsp3) is 0.250. The number of halogens is 3. The monoisotopic (exact) mass is 296 g/mol. The Morgan fingerprint density at radius 3 is 2.63 bits per heavy atom. The number of alkyl halides is 3. The zero-order valence-corrected chi connectivity index (χ0v) is 10.1. The second-order valence-corrected chi connectivity index (χ2v) is 3.83. The first-order chi connectivity index (χ1) is 8.75. The Labute approximate surface area is 108 Å². The van der Waals surface area contributed by atoms with Crippen LogP contribution in [0, 0.1) is 0 Å². The maximum absolute atomic E-state index is 12.0. The van der Waals surface area contributed by atoms with E-state index in [0.717, 1.165) is 7.11 Å². The Morgan fingerprint density at radius 1 is 1.53 bits per heavy atom. The van der Waals surface area contributed by atoms with E-state index in [0.29, 0.717) is 11.3 Å². The minimum atomic E-state index is -5.03. The quantitative estimate of drug-likeness (QED) is 0.622. The molecule has 1 rings (SSSR count). The summed E-state index contributed by atoms with van der Waals surface area (Å²) in [5.41, 5.74) is 4.51. The molecule has 0 saturated carbocycles. The van der Waals surface area contributed by atoms with Crippen LogP contribution in [-0.2, 0) is 14.4 Å². The average Bonchev–Trinajstić information content (AvgIpc) is 2.72. The number of carbonyl (C=O) groups is 2. The summed E-state index contributed by atoms with van der Waals surface area (Å²) in [6.07, 6.45) is -5.03. The lowest BCUT2D eigenvalue weighted by atomic mass is 10.3. The smallest absolute Gasteiger partial charge is 0.398 e. The Hall–Kier alpha value is -2.17. The maximum Gasteiger partial charge on any atom is 0.471 e. The van der Waals surface area contributed by atoms with Crippen LogP contribution >= 0.6 is 11.3 Å². The first-order valence-corrected chi connectivity index (χ1v) is 5.38. The van der Waals surface area contributed by atoms with Gasteiger partial charge in [-0.2, -0.15) is 13.2 Å². The molecule has 0 aliphatic rings. The molecule has 2 amide bonds. The molecule has 1 heterocycles. The fourth-order valence-electron chi connectivity index (χ4n) is 0.917. The van der Waals surface area contributed by atoms with Crippen molar-refractivity contribution < 1.29 is 27.6 Å². The number of hydrogen-bond donors (Lipinski definition) is 2. The first kappa shape index (κ1) is 14.9. The highest BCUT2D eigenvalue weighted by molar-refractivity contribution is 7.14. The van der Waals surface area contributed by atoms with Crippen LogP contribution in [0.5, 0.6) is 0 Å². The van der Waals surface area contributed by atoms with Gasteiger partial charge in [-0.1, -0.05) is 5.16 Å². The zero-order chi connectivity index (χ0) is 14.6. The number of thiazole rings is 1. The summed E-state index contributed by atoms with van der Waals surface area (Å²) >= 11 is 0.678. The van der Waals surface area contributed by atoms with E-state index >= 15 is 0 Å². The van der Waals surface area contributed by atoms with Crippen molar-refractivity contribution in [3.05, 3.63) is 11.1 Å². The number of anilines is 1. The molecule has 1 aromatic heterocycles. The minimum Gasteiger partial charge on any atom is -0.398 e. The van der Waals surface area contributed by atoms with Gasteiger partial charge in [-0.3, -0.25) is 14.9 Å². The second-order valence-electron chi connectivity index (χ2n) is 2.98. The molecule has 0 fully saturated rings. The van der Waals surface area contributed by atoms with Crippen molar-refractivity contribution in [2.24, 2.45) is 10.9 Å². The van der Waals surface area contributed by atoms with Crippen LogP contribution < -0.4 is 11.1 Å². The third-order valence-electron chi connectivity index (χ3n) is 1.64. The Balaban J connectivity index is 2.91. The number of aromatic nitrogens is 1. The van der Waals surface area contributed by atoms with Crippen LogP contribution in [0.25, 0.3) is 0 Å². The third-order valence-corrected chi connectivity index (χ3v) is 2.40. The van der Waals surface area contributed by atoms with E-state index in [1.165, 1.54) is 10.7 Å². The number of nitrogens with one attached hydrogen (secondary N) is 1. The highest BCUT2D eigenvalue weighted by Crippen LogP contribution is 2.21. The molecule has 0 aromatic carbocycles. The molecule has 0 atom stereocenters. The van der Waals surface area contributed by atoms with Gasteiger partial charge in [0.05, 0.1) is 0 Å². The third kappa shape index (κ3) is 3.91. The van der Waals surface area contributed by atoms with Crippen LogP contribution in [0.3, 0.4) is 0 Å². The molecular formula is C8H7F3N4O3S. The number of primary amides is 1. The average molecular weight is 296 g/mol. The van der Waals surface area contributed by atoms with Crippen molar-refractivity contribution in [2.75, 3.05) is 12.4 Å². The lowest BCUT2D eigenvalue weighted by Gasteiger charge is -2.04. The fourth-order valence-corrected chi connectivity index (χ4v) is 1.61. The normalized spacial score (nSPS) is 12.1. The highest BCUT2D eigenvalue weighted by Gasteiger charge is 2.39. The van der Waals surface area contributed by atoms with Gasteiger partial charge in [0.1, 0.15) is 12.8 Å². The summed E-state index contributed by atoms with van der Waals surface area (Å²) in [6, 6.07) is 0. The van der Waals surface area contributed by atoms with E-state index in [4.69, 9.17) is 5.73 Å². The van der Waals surface area contributed by atoms with E-state index in [-0.39, 0.29) is 16.5 Å². The van der Waals surface area contributed by atoms with Gasteiger partial charge in [0, 0.05) is 5.38 Å². The molecule has 1 aromatic rings. The summed E-state index contributed by atoms with van der Waals surface area (Å²) in [6.45, 7) is 0. The molecule has 3 N–H and O–H groups in total. The van der Waals surface area contributed by atoms with Crippen LogP contribution in [0.2, 0.25) is 0 Å². The molecule has 0 spiro atoms. The number of nitrogens with zero attached hydrogens (tertiary/aromatic N) is 2. The van der Waals surface area contributed by atoms with Crippen molar-refractivity contribution in [1.29, 1.82) is 0 Å². The summed E-state index contributed by atoms with van der Waals surface area (Å²) in [5.74, 6) is -3.14. The predicted molar refractivity (Wildman–Crippen MR) is 59.5 cm³/mol. The number of oxime groups is 1. The zero-order valence-electron chi connectivity index (χ0n) is 9.32. The summed E-state index contributed by atoms with van der Waals surface area (Å²) in [5, 5.41) is 5.68.